The molecular weight excluding hydrogens is 167 g/mol. The highest BCUT2D eigenvalue weighted by atomic mass is 19.1. The lowest BCUT2D eigenvalue weighted by atomic mass is 10.1. The molecule has 72 valence electrons. The van der Waals surface area contributed by atoms with Crippen molar-refractivity contribution in [3.8, 4) is 0 Å². The van der Waals surface area contributed by atoms with Gasteiger partial charge < -0.3 is 0 Å². The van der Waals surface area contributed by atoms with Crippen molar-refractivity contribution in [2.24, 2.45) is 0 Å². The standard InChI is InChI=1S/C10H15FN2/c1-7(2)8-5-12-6-9(13-8)10(3,4)11/h5-7H,1-4H3. The minimum atomic E-state index is -1.40. The average molecular weight is 182 g/mol. The molecule has 1 rings (SSSR count). The highest BCUT2D eigenvalue weighted by Crippen LogP contribution is 2.22. The van der Waals surface area contributed by atoms with Crippen LogP contribution in [0, 0.1) is 0 Å². The van der Waals surface area contributed by atoms with Gasteiger partial charge in [-0.05, 0) is 19.8 Å². The van der Waals surface area contributed by atoms with Gasteiger partial charge in [-0.15, -0.1) is 0 Å². The van der Waals surface area contributed by atoms with E-state index in [2.05, 4.69) is 9.97 Å². The van der Waals surface area contributed by atoms with Crippen molar-refractivity contribution in [2.75, 3.05) is 0 Å². The molecule has 0 aliphatic heterocycles. The van der Waals surface area contributed by atoms with Gasteiger partial charge in [-0.3, -0.25) is 9.97 Å². The van der Waals surface area contributed by atoms with Crippen molar-refractivity contribution in [2.45, 2.75) is 39.3 Å². The Morgan fingerprint density at radius 3 is 2.38 bits per heavy atom. The predicted molar refractivity (Wildman–Crippen MR) is 50.3 cm³/mol. The molecule has 1 heterocycles. The first kappa shape index (κ1) is 10.1. The topological polar surface area (TPSA) is 25.8 Å². The van der Waals surface area contributed by atoms with E-state index in [4.69, 9.17) is 0 Å². The van der Waals surface area contributed by atoms with Crippen LogP contribution >= 0.6 is 0 Å². The number of hydrogen-bond acceptors (Lipinski definition) is 2. The maximum Gasteiger partial charge on any atom is 0.148 e. The van der Waals surface area contributed by atoms with E-state index in [0.29, 0.717) is 5.69 Å². The fraction of sp³-hybridized carbons (Fsp3) is 0.600. The van der Waals surface area contributed by atoms with Crippen LogP contribution in [0.3, 0.4) is 0 Å². The van der Waals surface area contributed by atoms with Gasteiger partial charge in [-0.2, -0.15) is 0 Å². The summed E-state index contributed by atoms with van der Waals surface area (Å²) >= 11 is 0. The summed E-state index contributed by atoms with van der Waals surface area (Å²) in [5.41, 5.74) is -0.167. The summed E-state index contributed by atoms with van der Waals surface area (Å²) < 4.78 is 13.5. The van der Waals surface area contributed by atoms with Crippen LogP contribution in [0.5, 0.6) is 0 Å². The SMILES string of the molecule is CC(C)c1cncc(C(C)(C)F)n1. The molecule has 0 aliphatic carbocycles. The summed E-state index contributed by atoms with van der Waals surface area (Å²) in [6.45, 7) is 7.00. The normalized spacial score (nSPS) is 12.2. The van der Waals surface area contributed by atoms with E-state index in [-0.39, 0.29) is 5.92 Å². The molecule has 0 amide bonds. The summed E-state index contributed by atoms with van der Waals surface area (Å²) in [5, 5.41) is 0. The van der Waals surface area contributed by atoms with Crippen LogP contribution in [0.1, 0.15) is 45.0 Å². The highest BCUT2D eigenvalue weighted by molar-refractivity contribution is 5.11. The van der Waals surface area contributed by atoms with Crippen LogP contribution in [0.15, 0.2) is 12.4 Å². The van der Waals surface area contributed by atoms with Crippen molar-refractivity contribution in [1.29, 1.82) is 0 Å². The summed E-state index contributed by atoms with van der Waals surface area (Å²) in [6.07, 6.45) is 3.16. The lowest BCUT2D eigenvalue weighted by Gasteiger charge is -2.14. The zero-order chi connectivity index (χ0) is 10.1. The van der Waals surface area contributed by atoms with Crippen LogP contribution in [0.2, 0.25) is 0 Å². The minimum absolute atomic E-state index is 0.287. The molecule has 0 aromatic carbocycles. The second-order valence-corrected chi connectivity index (χ2v) is 3.96. The highest BCUT2D eigenvalue weighted by Gasteiger charge is 2.21. The van der Waals surface area contributed by atoms with Crippen LogP contribution in [-0.4, -0.2) is 9.97 Å². The maximum absolute atomic E-state index is 13.5. The third-order valence-corrected chi connectivity index (χ3v) is 1.85. The average Bonchev–Trinajstić information content (AvgIpc) is 2.03. The van der Waals surface area contributed by atoms with E-state index in [1.807, 2.05) is 13.8 Å². The van der Waals surface area contributed by atoms with Crippen molar-refractivity contribution < 1.29 is 4.39 Å². The molecule has 0 unspecified atom stereocenters. The van der Waals surface area contributed by atoms with Crippen LogP contribution in [-0.2, 0) is 5.67 Å². The predicted octanol–water partition coefficient (Wildman–Crippen LogP) is 2.80. The number of hydrogen-bond donors (Lipinski definition) is 0. The molecular formula is C10H15FN2. The second kappa shape index (κ2) is 3.40. The zero-order valence-electron chi connectivity index (χ0n) is 8.50. The van der Waals surface area contributed by atoms with Crippen molar-refractivity contribution in [3.63, 3.8) is 0 Å². The quantitative estimate of drug-likeness (QED) is 0.702. The van der Waals surface area contributed by atoms with E-state index >= 15 is 0 Å². The third kappa shape index (κ3) is 2.47. The first-order valence-electron chi connectivity index (χ1n) is 4.42. The molecule has 2 nitrogen and oxygen atoms in total. The first-order chi connectivity index (χ1) is 5.91. The molecule has 1 aromatic heterocycles. The molecule has 0 bridgehead atoms. The van der Waals surface area contributed by atoms with Gasteiger partial charge in [0.15, 0.2) is 0 Å². The van der Waals surface area contributed by atoms with Gasteiger partial charge in [-0.25, -0.2) is 4.39 Å². The third-order valence-electron chi connectivity index (χ3n) is 1.85. The van der Waals surface area contributed by atoms with Gasteiger partial charge in [0.2, 0.25) is 0 Å². The molecule has 0 aliphatic rings. The molecule has 0 fully saturated rings. The van der Waals surface area contributed by atoms with E-state index < -0.39 is 5.67 Å². The number of rotatable bonds is 2. The lowest BCUT2D eigenvalue weighted by Crippen LogP contribution is -2.13. The Hall–Kier alpha value is -0.990. The van der Waals surface area contributed by atoms with Gasteiger partial charge in [0.05, 0.1) is 17.6 Å². The van der Waals surface area contributed by atoms with E-state index in [9.17, 15) is 4.39 Å². The van der Waals surface area contributed by atoms with E-state index in [1.54, 1.807) is 6.20 Å². The van der Waals surface area contributed by atoms with Crippen LogP contribution in [0.25, 0.3) is 0 Å². The number of halogens is 1. The van der Waals surface area contributed by atoms with Gasteiger partial charge in [0, 0.05) is 6.20 Å². The summed E-state index contributed by atoms with van der Waals surface area (Å²) in [6, 6.07) is 0. The maximum atomic E-state index is 13.5. The van der Waals surface area contributed by atoms with Gasteiger partial charge >= 0.3 is 0 Å². The number of alkyl halides is 1. The number of nitrogens with zero attached hydrogens (tertiary/aromatic N) is 2. The van der Waals surface area contributed by atoms with E-state index in [1.165, 1.54) is 20.0 Å². The summed E-state index contributed by atoms with van der Waals surface area (Å²) in [5.74, 6) is 0.287. The van der Waals surface area contributed by atoms with Gasteiger partial charge in [-0.1, -0.05) is 13.8 Å². The monoisotopic (exact) mass is 182 g/mol. The Morgan fingerprint density at radius 2 is 1.92 bits per heavy atom. The molecule has 0 spiro atoms. The molecule has 1 aromatic rings. The molecule has 13 heavy (non-hydrogen) atoms. The van der Waals surface area contributed by atoms with Crippen LogP contribution < -0.4 is 0 Å². The number of aromatic nitrogens is 2. The van der Waals surface area contributed by atoms with Gasteiger partial charge in [0.25, 0.3) is 0 Å². The fourth-order valence-electron chi connectivity index (χ4n) is 0.946. The molecule has 0 N–H and O–H groups in total. The van der Waals surface area contributed by atoms with Crippen molar-refractivity contribution in [1.82, 2.24) is 9.97 Å². The Morgan fingerprint density at radius 1 is 1.31 bits per heavy atom. The Balaban J connectivity index is 3.06. The molecule has 0 saturated heterocycles. The molecule has 0 radical (unpaired) electrons. The van der Waals surface area contributed by atoms with Crippen molar-refractivity contribution >= 4 is 0 Å². The summed E-state index contributed by atoms with van der Waals surface area (Å²) in [4.78, 5) is 8.18. The first-order valence-corrected chi connectivity index (χ1v) is 4.42. The lowest BCUT2D eigenvalue weighted by molar-refractivity contribution is 0.213. The van der Waals surface area contributed by atoms with E-state index in [0.717, 1.165) is 5.69 Å². The fourth-order valence-corrected chi connectivity index (χ4v) is 0.946. The minimum Gasteiger partial charge on any atom is -0.261 e. The Labute approximate surface area is 78.2 Å². The largest absolute Gasteiger partial charge is 0.261 e. The summed E-state index contributed by atoms with van der Waals surface area (Å²) in [7, 11) is 0. The molecule has 3 heteroatoms. The Bertz CT molecular complexity index is 289. The zero-order valence-corrected chi connectivity index (χ0v) is 8.50. The smallest absolute Gasteiger partial charge is 0.148 e. The van der Waals surface area contributed by atoms with Gasteiger partial charge in [0.1, 0.15) is 5.67 Å². The Kier molecular flexibility index (Phi) is 2.64. The van der Waals surface area contributed by atoms with Crippen molar-refractivity contribution in [3.05, 3.63) is 23.8 Å². The second-order valence-electron chi connectivity index (χ2n) is 3.96. The molecule has 0 atom stereocenters. The van der Waals surface area contributed by atoms with Crippen LogP contribution in [0.4, 0.5) is 4.39 Å². The molecule has 0 saturated carbocycles.